The second-order valence-electron chi connectivity index (χ2n) is 4.85. The van der Waals surface area contributed by atoms with E-state index in [4.69, 9.17) is 11.6 Å². The van der Waals surface area contributed by atoms with Gasteiger partial charge in [-0.05, 0) is 36.6 Å². The van der Waals surface area contributed by atoms with Crippen LogP contribution in [0.15, 0.2) is 24.4 Å². The Labute approximate surface area is 118 Å². The Morgan fingerprint density at radius 1 is 1.47 bits per heavy atom. The molecule has 1 aromatic carbocycles. The lowest BCUT2D eigenvalue weighted by atomic mass is 10.1. The number of aromatic nitrogens is 1. The van der Waals surface area contributed by atoms with Crippen molar-refractivity contribution in [3.63, 3.8) is 0 Å². The van der Waals surface area contributed by atoms with Gasteiger partial charge in [0.1, 0.15) is 0 Å². The fraction of sp³-hybridized carbons (Fsp3) is 0.400. The number of aromatic amines is 1. The van der Waals surface area contributed by atoms with Crippen molar-refractivity contribution in [2.45, 2.75) is 26.7 Å². The summed E-state index contributed by atoms with van der Waals surface area (Å²) in [5.41, 5.74) is 2.26. The molecular formula is C15H19ClN2O. The molecule has 1 aromatic heterocycles. The van der Waals surface area contributed by atoms with Crippen molar-refractivity contribution in [1.29, 1.82) is 0 Å². The maximum absolute atomic E-state index is 11.7. The van der Waals surface area contributed by atoms with Crippen LogP contribution in [0.1, 0.15) is 25.8 Å². The summed E-state index contributed by atoms with van der Waals surface area (Å²) in [6.45, 7) is 4.62. The minimum Gasteiger partial charge on any atom is -0.361 e. The molecule has 19 heavy (non-hydrogen) atoms. The van der Waals surface area contributed by atoms with Gasteiger partial charge in [0.25, 0.3) is 0 Å². The predicted octanol–water partition coefficient (Wildman–Crippen LogP) is 3.53. The molecule has 0 radical (unpaired) electrons. The van der Waals surface area contributed by atoms with Crippen molar-refractivity contribution in [1.82, 2.24) is 10.3 Å². The SMILES string of the molecule is CC[C@@H](C)C(=O)NCCc1c[nH]c2ccc(Cl)cc12. The largest absolute Gasteiger partial charge is 0.361 e. The number of H-pyrrole nitrogens is 1. The highest BCUT2D eigenvalue weighted by Crippen LogP contribution is 2.22. The first-order valence-electron chi connectivity index (χ1n) is 6.65. The zero-order valence-corrected chi connectivity index (χ0v) is 12.1. The number of hydrogen-bond donors (Lipinski definition) is 2. The quantitative estimate of drug-likeness (QED) is 0.863. The van der Waals surface area contributed by atoms with Crippen LogP contribution >= 0.6 is 11.6 Å². The van der Waals surface area contributed by atoms with E-state index in [2.05, 4.69) is 10.3 Å². The number of rotatable bonds is 5. The van der Waals surface area contributed by atoms with E-state index in [0.29, 0.717) is 6.54 Å². The van der Waals surface area contributed by atoms with Gasteiger partial charge in [0, 0.05) is 34.6 Å². The van der Waals surface area contributed by atoms with Gasteiger partial charge in [-0.25, -0.2) is 0 Å². The molecule has 0 fully saturated rings. The highest BCUT2D eigenvalue weighted by atomic mass is 35.5. The standard InChI is InChI=1S/C15H19ClN2O/c1-3-10(2)15(19)17-7-6-11-9-18-14-5-4-12(16)8-13(11)14/h4-5,8-10,18H,3,6-7H2,1-2H3,(H,17,19)/t10-/m1/s1. The molecule has 1 heterocycles. The maximum atomic E-state index is 11.7. The summed E-state index contributed by atoms with van der Waals surface area (Å²) in [4.78, 5) is 14.9. The van der Waals surface area contributed by atoms with E-state index in [9.17, 15) is 4.79 Å². The summed E-state index contributed by atoms with van der Waals surface area (Å²) in [5.74, 6) is 0.206. The van der Waals surface area contributed by atoms with E-state index < -0.39 is 0 Å². The zero-order chi connectivity index (χ0) is 13.8. The Hall–Kier alpha value is -1.48. The number of carbonyl (C=O) groups is 1. The molecule has 4 heteroatoms. The number of benzene rings is 1. The van der Waals surface area contributed by atoms with Crippen molar-refractivity contribution in [3.8, 4) is 0 Å². The maximum Gasteiger partial charge on any atom is 0.222 e. The van der Waals surface area contributed by atoms with Crippen molar-refractivity contribution in [2.75, 3.05) is 6.54 Å². The van der Waals surface area contributed by atoms with E-state index in [1.54, 1.807) is 0 Å². The van der Waals surface area contributed by atoms with Crippen LogP contribution in [-0.2, 0) is 11.2 Å². The normalized spacial score (nSPS) is 12.6. The van der Waals surface area contributed by atoms with Crippen LogP contribution in [0, 0.1) is 5.92 Å². The van der Waals surface area contributed by atoms with Crippen LogP contribution in [0.4, 0.5) is 0 Å². The van der Waals surface area contributed by atoms with Crippen molar-refractivity contribution in [2.24, 2.45) is 5.92 Å². The fourth-order valence-corrected chi connectivity index (χ4v) is 2.21. The molecule has 0 saturated heterocycles. The Morgan fingerprint density at radius 2 is 2.26 bits per heavy atom. The number of fused-ring (bicyclic) bond motifs is 1. The van der Waals surface area contributed by atoms with Gasteiger partial charge in [-0.3, -0.25) is 4.79 Å². The fourth-order valence-electron chi connectivity index (χ4n) is 2.04. The first-order valence-corrected chi connectivity index (χ1v) is 7.02. The van der Waals surface area contributed by atoms with Gasteiger partial charge in [-0.1, -0.05) is 25.4 Å². The van der Waals surface area contributed by atoms with Crippen LogP contribution < -0.4 is 5.32 Å². The van der Waals surface area contributed by atoms with Crippen molar-refractivity contribution in [3.05, 3.63) is 35.0 Å². The van der Waals surface area contributed by atoms with Crippen molar-refractivity contribution >= 4 is 28.4 Å². The molecule has 0 aliphatic heterocycles. The van der Waals surface area contributed by atoms with Gasteiger partial charge in [0.2, 0.25) is 5.91 Å². The lowest BCUT2D eigenvalue weighted by molar-refractivity contribution is -0.124. The number of carbonyl (C=O) groups excluding carboxylic acids is 1. The number of amides is 1. The third kappa shape index (κ3) is 3.29. The summed E-state index contributed by atoms with van der Waals surface area (Å²) in [6, 6.07) is 5.80. The molecular weight excluding hydrogens is 260 g/mol. The Kier molecular flexibility index (Phi) is 4.48. The van der Waals surface area contributed by atoms with E-state index >= 15 is 0 Å². The Morgan fingerprint density at radius 3 is 3.00 bits per heavy atom. The third-order valence-corrected chi connectivity index (χ3v) is 3.72. The minimum atomic E-state index is 0.0809. The molecule has 2 rings (SSSR count). The van der Waals surface area contributed by atoms with Crippen LogP contribution in [-0.4, -0.2) is 17.4 Å². The smallest absolute Gasteiger partial charge is 0.222 e. The summed E-state index contributed by atoms with van der Waals surface area (Å²) in [5, 5.41) is 4.83. The average Bonchev–Trinajstić information content (AvgIpc) is 2.80. The number of halogens is 1. The Balaban J connectivity index is 1.98. The molecule has 1 atom stereocenters. The van der Waals surface area contributed by atoms with E-state index in [0.717, 1.165) is 28.8 Å². The summed E-state index contributed by atoms with van der Waals surface area (Å²) in [6.07, 6.45) is 3.66. The molecule has 0 saturated carbocycles. The van der Waals surface area contributed by atoms with Crippen molar-refractivity contribution < 1.29 is 4.79 Å². The molecule has 3 nitrogen and oxygen atoms in total. The van der Waals surface area contributed by atoms with Crippen LogP contribution in [0.2, 0.25) is 5.02 Å². The van der Waals surface area contributed by atoms with E-state index in [1.807, 2.05) is 38.2 Å². The van der Waals surface area contributed by atoms with Gasteiger partial charge >= 0.3 is 0 Å². The first kappa shape index (κ1) is 13.9. The van der Waals surface area contributed by atoms with Gasteiger partial charge < -0.3 is 10.3 Å². The summed E-state index contributed by atoms with van der Waals surface area (Å²) < 4.78 is 0. The molecule has 0 unspecified atom stereocenters. The summed E-state index contributed by atoms with van der Waals surface area (Å²) >= 11 is 6.01. The second-order valence-corrected chi connectivity index (χ2v) is 5.29. The second kappa shape index (κ2) is 6.11. The minimum absolute atomic E-state index is 0.0809. The monoisotopic (exact) mass is 278 g/mol. The van der Waals surface area contributed by atoms with Gasteiger partial charge in [0.15, 0.2) is 0 Å². The molecule has 2 aromatic rings. The van der Waals surface area contributed by atoms with Crippen LogP contribution in [0.3, 0.4) is 0 Å². The molecule has 1 amide bonds. The summed E-state index contributed by atoms with van der Waals surface area (Å²) in [7, 11) is 0. The van der Waals surface area contributed by atoms with E-state index in [1.165, 1.54) is 5.56 Å². The topological polar surface area (TPSA) is 44.9 Å². The highest BCUT2D eigenvalue weighted by Gasteiger charge is 2.10. The lowest BCUT2D eigenvalue weighted by Gasteiger charge is -2.09. The first-order chi connectivity index (χ1) is 9.11. The van der Waals surface area contributed by atoms with Gasteiger partial charge in [0.05, 0.1) is 0 Å². The molecule has 2 N–H and O–H groups in total. The van der Waals surface area contributed by atoms with Crippen LogP contribution in [0.5, 0.6) is 0 Å². The van der Waals surface area contributed by atoms with Gasteiger partial charge in [-0.2, -0.15) is 0 Å². The average molecular weight is 279 g/mol. The molecule has 0 bridgehead atoms. The lowest BCUT2D eigenvalue weighted by Crippen LogP contribution is -2.30. The molecule has 102 valence electrons. The predicted molar refractivity (Wildman–Crippen MR) is 79.5 cm³/mol. The third-order valence-electron chi connectivity index (χ3n) is 3.48. The number of hydrogen-bond acceptors (Lipinski definition) is 1. The van der Waals surface area contributed by atoms with Crippen LogP contribution in [0.25, 0.3) is 10.9 Å². The van der Waals surface area contributed by atoms with E-state index in [-0.39, 0.29) is 11.8 Å². The number of nitrogens with one attached hydrogen (secondary N) is 2. The molecule has 0 aliphatic carbocycles. The molecule has 0 spiro atoms. The van der Waals surface area contributed by atoms with Gasteiger partial charge in [-0.15, -0.1) is 0 Å². The molecule has 0 aliphatic rings. The Bertz CT molecular complexity index is 577. The highest BCUT2D eigenvalue weighted by molar-refractivity contribution is 6.31. The zero-order valence-electron chi connectivity index (χ0n) is 11.3.